The van der Waals surface area contributed by atoms with Crippen LogP contribution in [0, 0.1) is 0 Å². The number of carbonyl (C=O) groups is 1. The minimum atomic E-state index is -4.43. The lowest BCUT2D eigenvalue weighted by atomic mass is 10.1. The van der Waals surface area contributed by atoms with Crippen LogP contribution < -0.4 is 0 Å². The van der Waals surface area contributed by atoms with Crippen LogP contribution in [-0.2, 0) is 22.3 Å². The van der Waals surface area contributed by atoms with Crippen LogP contribution in [0.25, 0.3) is 11.3 Å². The van der Waals surface area contributed by atoms with E-state index in [1.165, 1.54) is 21.7 Å². The van der Waals surface area contributed by atoms with Gasteiger partial charge in [0.25, 0.3) is 5.91 Å². The number of nitrogens with zero attached hydrogens (tertiary/aromatic N) is 5. The van der Waals surface area contributed by atoms with Crippen molar-refractivity contribution in [2.75, 3.05) is 13.1 Å². The number of hydrogen-bond donors (Lipinski definition) is 0. The molecule has 0 unspecified atom stereocenters. The van der Waals surface area contributed by atoms with Gasteiger partial charge in [0.05, 0.1) is 30.5 Å². The molecule has 1 fully saturated rings. The zero-order valence-electron chi connectivity index (χ0n) is 17.2. The molecule has 11 heteroatoms. The van der Waals surface area contributed by atoms with Crippen LogP contribution in [0.5, 0.6) is 0 Å². The SMILES string of the molecule is C=C(F)C(=O)N1C[C@@H](n2cc(-c3cccnc3)nn2)[C@H](OCc2ccc(C(F)(F)F)cc2)C1. The summed E-state index contributed by atoms with van der Waals surface area (Å²) in [5.41, 5.74) is 1.07. The maximum atomic E-state index is 13.5. The van der Waals surface area contributed by atoms with Crippen LogP contribution in [0.3, 0.4) is 0 Å². The smallest absolute Gasteiger partial charge is 0.369 e. The first kappa shape index (κ1) is 22.6. The van der Waals surface area contributed by atoms with E-state index in [2.05, 4.69) is 21.9 Å². The Morgan fingerprint density at radius 2 is 1.94 bits per heavy atom. The summed E-state index contributed by atoms with van der Waals surface area (Å²) in [6, 6.07) is 7.70. The minimum absolute atomic E-state index is 0.00205. The van der Waals surface area contributed by atoms with Gasteiger partial charge in [-0.05, 0) is 29.8 Å². The molecule has 3 aromatic rings. The maximum absolute atomic E-state index is 13.5. The number of benzene rings is 1. The molecular weight excluding hydrogens is 442 g/mol. The molecule has 172 valence electrons. The second-order valence-electron chi connectivity index (χ2n) is 7.55. The molecular formula is C22H19F4N5O2. The van der Waals surface area contributed by atoms with Gasteiger partial charge in [-0.25, -0.2) is 9.07 Å². The highest BCUT2D eigenvalue weighted by Gasteiger charge is 2.39. The number of likely N-dealkylation sites (tertiary alicyclic amines) is 1. The first-order valence-corrected chi connectivity index (χ1v) is 9.96. The molecule has 3 heterocycles. The van der Waals surface area contributed by atoms with Crippen molar-refractivity contribution in [3.05, 3.63) is 78.5 Å². The van der Waals surface area contributed by atoms with Crippen molar-refractivity contribution in [1.29, 1.82) is 0 Å². The zero-order chi connectivity index (χ0) is 23.6. The Morgan fingerprint density at radius 1 is 1.18 bits per heavy atom. The predicted molar refractivity (Wildman–Crippen MR) is 109 cm³/mol. The molecule has 1 saturated heterocycles. The van der Waals surface area contributed by atoms with Gasteiger partial charge in [-0.1, -0.05) is 23.9 Å². The van der Waals surface area contributed by atoms with E-state index in [9.17, 15) is 22.4 Å². The van der Waals surface area contributed by atoms with Gasteiger partial charge in [0.2, 0.25) is 0 Å². The van der Waals surface area contributed by atoms with Gasteiger partial charge in [-0.15, -0.1) is 5.10 Å². The fourth-order valence-corrected chi connectivity index (χ4v) is 3.59. The summed E-state index contributed by atoms with van der Waals surface area (Å²) in [6.07, 6.45) is -0.0913. The van der Waals surface area contributed by atoms with Gasteiger partial charge in [-0.2, -0.15) is 13.2 Å². The van der Waals surface area contributed by atoms with Crippen molar-refractivity contribution >= 4 is 5.91 Å². The van der Waals surface area contributed by atoms with E-state index in [1.54, 1.807) is 24.7 Å². The number of amides is 1. The van der Waals surface area contributed by atoms with E-state index in [1.807, 2.05) is 6.07 Å². The first-order valence-electron chi connectivity index (χ1n) is 9.96. The van der Waals surface area contributed by atoms with Crippen molar-refractivity contribution in [2.45, 2.75) is 24.9 Å². The lowest BCUT2D eigenvalue weighted by Crippen LogP contribution is -2.30. The molecule has 0 aliphatic carbocycles. The summed E-state index contributed by atoms with van der Waals surface area (Å²) in [6.45, 7) is 3.23. The average molecular weight is 461 g/mol. The van der Waals surface area contributed by atoms with Crippen molar-refractivity contribution in [2.24, 2.45) is 0 Å². The summed E-state index contributed by atoms with van der Waals surface area (Å²) in [4.78, 5) is 17.4. The molecule has 2 atom stereocenters. The zero-order valence-corrected chi connectivity index (χ0v) is 17.2. The summed E-state index contributed by atoms with van der Waals surface area (Å²) >= 11 is 0. The van der Waals surface area contributed by atoms with E-state index in [0.717, 1.165) is 17.7 Å². The van der Waals surface area contributed by atoms with Gasteiger partial charge < -0.3 is 9.64 Å². The molecule has 0 spiro atoms. The highest BCUT2D eigenvalue weighted by Crippen LogP contribution is 2.30. The van der Waals surface area contributed by atoms with Crippen molar-refractivity contribution in [1.82, 2.24) is 24.9 Å². The molecule has 33 heavy (non-hydrogen) atoms. The van der Waals surface area contributed by atoms with Crippen LogP contribution >= 0.6 is 0 Å². The van der Waals surface area contributed by atoms with Crippen molar-refractivity contribution in [3.8, 4) is 11.3 Å². The van der Waals surface area contributed by atoms with Crippen LogP contribution in [0.15, 0.2) is 67.4 Å². The van der Waals surface area contributed by atoms with Crippen LogP contribution in [0.1, 0.15) is 17.2 Å². The second-order valence-corrected chi connectivity index (χ2v) is 7.55. The largest absolute Gasteiger partial charge is 0.416 e. The summed E-state index contributed by atoms with van der Waals surface area (Å²) < 4.78 is 59.2. The van der Waals surface area contributed by atoms with Gasteiger partial charge in [-0.3, -0.25) is 9.78 Å². The first-order chi connectivity index (χ1) is 15.7. The van der Waals surface area contributed by atoms with Crippen LogP contribution in [0.4, 0.5) is 17.6 Å². The quantitative estimate of drug-likeness (QED) is 0.412. The van der Waals surface area contributed by atoms with Gasteiger partial charge in [0.1, 0.15) is 5.69 Å². The van der Waals surface area contributed by atoms with Crippen molar-refractivity contribution in [3.63, 3.8) is 0 Å². The fourth-order valence-electron chi connectivity index (χ4n) is 3.59. The Morgan fingerprint density at radius 3 is 2.58 bits per heavy atom. The van der Waals surface area contributed by atoms with Crippen molar-refractivity contribution < 1.29 is 27.1 Å². The van der Waals surface area contributed by atoms with E-state index in [4.69, 9.17) is 4.74 Å². The molecule has 0 N–H and O–H groups in total. The number of carbonyl (C=O) groups excluding carboxylic acids is 1. The summed E-state index contributed by atoms with van der Waals surface area (Å²) in [7, 11) is 0. The lowest BCUT2D eigenvalue weighted by Gasteiger charge is -2.19. The fraction of sp³-hybridized carbons (Fsp3) is 0.273. The van der Waals surface area contributed by atoms with Gasteiger partial charge >= 0.3 is 6.18 Å². The topological polar surface area (TPSA) is 73.1 Å². The third-order valence-electron chi connectivity index (χ3n) is 5.31. The second kappa shape index (κ2) is 9.10. The molecule has 1 aliphatic rings. The summed E-state index contributed by atoms with van der Waals surface area (Å²) in [5, 5.41) is 8.27. The van der Waals surface area contributed by atoms with E-state index < -0.39 is 35.6 Å². The van der Waals surface area contributed by atoms with E-state index >= 15 is 0 Å². The number of alkyl halides is 3. The number of pyridine rings is 1. The van der Waals surface area contributed by atoms with E-state index in [0.29, 0.717) is 11.3 Å². The molecule has 0 bridgehead atoms. The standard InChI is InChI=1S/C22H19F4N5O2/c1-14(23)21(32)30-11-19(31-10-18(28-29-31)16-3-2-8-27-9-16)20(12-30)33-13-15-4-6-17(7-5-15)22(24,25)26/h2-10,19-20H,1,11-13H2/t19-,20-/m1/s1. The molecule has 1 aliphatic heterocycles. The molecule has 1 amide bonds. The molecule has 2 aromatic heterocycles. The highest BCUT2D eigenvalue weighted by atomic mass is 19.4. The molecule has 0 saturated carbocycles. The van der Waals surface area contributed by atoms with Crippen LogP contribution in [-0.4, -0.2) is 50.0 Å². The maximum Gasteiger partial charge on any atom is 0.416 e. The van der Waals surface area contributed by atoms with Gasteiger partial charge in [0.15, 0.2) is 5.83 Å². The Hall–Kier alpha value is -3.60. The molecule has 4 rings (SSSR count). The van der Waals surface area contributed by atoms with E-state index in [-0.39, 0.29) is 19.7 Å². The Kier molecular flexibility index (Phi) is 6.23. The number of hydrogen-bond acceptors (Lipinski definition) is 5. The third-order valence-corrected chi connectivity index (χ3v) is 5.31. The number of ether oxygens (including phenoxy) is 1. The predicted octanol–water partition coefficient (Wildman–Crippen LogP) is 3.81. The Labute approximate surface area is 186 Å². The Bertz CT molecular complexity index is 1130. The average Bonchev–Trinajstić information content (AvgIpc) is 3.45. The molecule has 1 aromatic carbocycles. The minimum Gasteiger partial charge on any atom is -0.369 e. The van der Waals surface area contributed by atoms with Crippen LogP contribution in [0.2, 0.25) is 0 Å². The van der Waals surface area contributed by atoms with Gasteiger partial charge in [0, 0.05) is 31.0 Å². The number of halogens is 4. The summed E-state index contributed by atoms with van der Waals surface area (Å²) in [5.74, 6) is -1.94. The molecule has 0 radical (unpaired) electrons. The molecule has 7 nitrogen and oxygen atoms in total. The highest BCUT2D eigenvalue weighted by molar-refractivity contribution is 5.90. The Balaban J connectivity index is 1.52. The monoisotopic (exact) mass is 461 g/mol. The number of aromatic nitrogens is 4. The normalized spacial score (nSPS) is 18.5. The lowest BCUT2D eigenvalue weighted by molar-refractivity contribution is -0.137. The number of rotatable bonds is 6. The third kappa shape index (κ3) is 5.08.